The number of aromatic nitrogens is 4. The average Bonchev–Trinajstić information content (AvgIpc) is 2.72. The minimum absolute atomic E-state index is 0.611. The van der Waals surface area contributed by atoms with Crippen LogP contribution in [0.15, 0.2) is 18.5 Å². The molecular weight excluding hydrogens is 190 g/mol. The molecule has 0 unspecified atom stereocenters. The molecule has 0 aliphatic rings. The highest BCUT2D eigenvalue weighted by atomic mass is 15.3. The predicted molar refractivity (Wildman–Crippen MR) is 58.3 cm³/mol. The summed E-state index contributed by atoms with van der Waals surface area (Å²) in [5.74, 6) is 0.611. The lowest BCUT2D eigenvalue weighted by molar-refractivity contribution is 0.587. The van der Waals surface area contributed by atoms with Crippen molar-refractivity contribution in [3.05, 3.63) is 29.7 Å². The molecule has 2 aromatic heterocycles. The molecule has 2 N–H and O–H groups in total. The van der Waals surface area contributed by atoms with Crippen LogP contribution in [0.2, 0.25) is 0 Å². The maximum atomic E-state index is 5.67. The van der Waals surface area contributed by atoms with Crippen molar-refractivity contribution >= 4 is 5.82 Å². The smallest absolute Gasteiger partial charge is 0.148 e. The van der Waals surface area contributed by atoms with Crippen LogP contribution in [0.1, 0.15) is 11.3 Å². The molecule has 0 amide bonds. The van der Waals surface area contributed by atoms with Crippen LogP contribution in [-0.2, 0) is 20.0 Å². The molecule has 0 fully saturated rings. The third-order valence-electron chi connectivity index (χ3n) is 2.50. The first-order valence-electron chi connectivity index (χ1n) is 4.93. The number of anilines is 1. The summed E-state index contributed by atoms with van der Waals surface area (Å²) in [6.07, 6.45) is 4.68. The highest BCUT2D eigenvalue weighted by molar-refractivity contribution is 5.35. The van der Waals surface area contributed by atoms with Gasteiger partial charge in [-0.25, -0.2) is 0 Å². The van der Waals surface area contributed by atoms with Crippen molar-refractivity contribution < 1.29 is 0 Å². The molecule has 0 aliphatic heterocycles. The van der Waals surface area contributed by atoms with Gasteiger partial charge in [0.2, 0.25) is 0 Å². The molecule has 0 saturated heterocycles. The SMILES string of the molecule is Cc1cn(CCc2ccnn2C)nc1N. The number of rotatable bonds is 3. The van der Waals surface area contributed by atoms with E-state index in [2.05, 4.69) is 10.2 Å². The number of aryl methyl sites for hydroxylation is 4. The van der Waals surface area contributed by atoms with Crippen molar-refractivity contribution in [1.82, 2.24) is 19.6 Å². The molecule has 0 saturated carbocycles. The highest BCUT2D eigenvalue weighted by Crippen LogP contribution is 2.07. The fourth-order valence-corrected chi connectivity index (χ4v) is 1.53. The van der Waals surface area contributed by atoms with Crippen LogP contribution < -0.4 is 5.73 Å². The number of hydrogen-bond acceptors (Lipinski definition) is 3. The van der Waals surface area contributed by atoms with E-state index < -0.39 is 0 Å². The van der Waals surface area contributed by atoms with Crippen molar-refractivity contribution in [2.75, 3.05) is 5.73 Å². The predicted octanol–water partition coefficient (Wildman–Crippen LogP) is 0.750. The molecule has 0 radical (unpaired) electrons. The number of nitrogen functional groups attached to an aromatic ring is 1. The Balaban J connectivity index is 2.02. The van der Waals surface area contributed by atoms with Gasteiger partial charge in [-0.3, -0.25) is 9.36 Å². The quantitative estimate of drug-likeness (QED) is 0.804. The van der Waals surface area contributed by atoms with Gasteiger partial charge in [0, 0.05) is 43.7 Å². The van der Waals surface area contributed by atoms with Crippen molar-refractivity contribution in [3.8, 4) is 0 Å². The summed E-state index contributed by atoms with van der Waals surface area (Å²) < 4.78 is 3.75. The molecular formula is C10H15N5. The van der Waals surface area contributed by atoms with E-state index in [0.29, 0.717) is 5.82 Å². The first-order chi connectivity index (χ1) is 7.16. The maximum absolute atomic E-state index is 5.67. The third-order valence-corrected chi connectivity index (χ3v) is 2.50. The van der Waals surface area contributed by atoms with Gasteiger partial charge in [-0.1, -0.05) is 0 Å². The summed E-state index contributed by atoms with van der Waals surface area (Å²) in [5.41, 5.74) is 7.89. The van der Waals surface area contributed by atoms with Gasteiger partial charge in [0.05, 0.1) is 0 Å². The Kier molecular flexibility index (Phi) is 2.45. The molecule has 5 nitrogen and oxygen atoms in total. The zero-order chi connectivity index (χ0) is 10.8. The Hall–Kier alpha value is -1.78. The topological polar surface area (TPSA) is 61.7 Å². The van der Waals surface area contributed by atoms with E-state index in [1.165, 1.54) is 5.69 Å². The summed E-state index contributed by atoms with van der Waals surface area (Å²) in [6.45, 7) is 2.79. The second-order valence-electron chi connectivity index (χ2n) is 3.66. The van der Waals surface area contributed by atoms with Crippen LogP contribution in [0.4, 0.5) is 5.82 Å². The van der Waals surface area contributed by atoms with Gasteiger partial charge >= 0.3 is 0 Å². The Morgan fingerprint density at radius 3 is 2.80 bits per heavy atom. The molecule has 80 valence electrons. The molecule has 2 aromatic rings. The van der Waals surface area contributed by atoms with E-state index in [1.54, 1.807) is 6.20 Å². The first-order valence-corrected chi connectivity index (χ1v) is 4.93. The van der Waals surface area contributed by atoms with E-state index in [4.69, 9.17) is 5.73 Å². The van der Waals surface area contributed by atoms with Crippen LogP contribution >= 0.6 is 0 Å². The van der Waals surface area contributed by atoms with E-state index in [-0.39, 0.29) is 0 Å². The van der Waals surface area contributed by atoms with Crippen molar-refractivity contribution in [2.45, 2.75) is 19.9 Å². The summed E-state index contributed by atoms with van der Waals surface area (Å²) in [7, 11) is 1.94. The fourth-order valence-electron chi connectivity index (χ4n) is 1.53. The van der Waals surface area contributed by atoms with Crippen LogP contribution in [0, 0.1) is 6.92 Å². The van der Waals surface area contributed by atoms with Gasteiger partial charge in [-0.2, -0.15) is 10.2 Å². The van der Waals surface area contributed by atoms with E-state index in [0.717, 1.165) is 18.5 Å². The zero-order valence-corrected chi connectivity index (χ0v) is 9.01. The molecule has 0 aromatic carbocycles. The van der Waals surface area contributed by atoms with Gasteiger partial charge in [0.15, 0.2) is 0 Å². The summed E-state index contributed by atoms with van der Waals surface area (Å²) in [6, 6.07) is 2.01. The molecule has 0 bridgehead atoms. The van der Waals surface area contributed by atoms with Crippen molar-refractivity contribution in [1.29, 1.82) is 0 Å². The van der Waals surface area contributed by atoms with E-state index in [9.17, 15) is 0 Å². The number of nitrogens with zero attached hydrogens (tertiary/aromatic N) is 4. The second-order valence-corrected chi connectivity index (χ2v) is 3.66. The first kappa shape index (κ1) is 9.76. The minimum atomic E-state index is 0.611. The van der Waals surface area contributed by atoms with Gasteiger partial charge in [-0.15, -0.1) is 0 Å². The normalized spacial score (nSPS) is 10.8. The Labute approximate surface area is 88.5 Å². The highest BCUT2D eigenvalue weighted by Gasteiger charge is 2.02. The summed E-state index contributed by atoms with van der Waals surface area (Å²) >= 11 is 0. The van der Waals surface area contributed by atoms with Gasteiger partial charge in [-0.05, 0) is 13.0 Å². The molecule has 0 aliphatic carbocycles. The van der Waals surface area contributed by atoms with Gasteiger partial charge in [0.1, 0.15) is 5.82 Å². The molecule has 15 heavy (non-hydrogen) atoms. The lowest BCUT2D eigenvalue weighted by atomic mass is 10.3. The molecule has 0 spiro atoms. The Bertz CT molecular complexity index is 435. The average molecular weight is 205 g/mol. The largest absolute Gasteiger partial charge is 0.382 e. The maximum Gasteiger partial charge on any atom is 0.148 e. The Morgan fingerprint density at radius 2 is 2.27 bits per heavy atom. The van der Waals surface area contributed by atoms with E-state index in [1.807, 2.05) is 35.6 Å². The lowest BCUT2D eigenvalue weighted by Gasteiger charge is -2.01. The summed E-state index contributed by atoms with van der Waals surface area (Å²) in [4.78, 5) is 0. The van der Waals surface area contributed by atoms with Crippen LogP contribution in [0.3, 0.4) is 0 Å². The van der Waals surface area contributed by atoms with Crippen LogP contribution in [0.5, 0.6) is 0 Å². The van der Waals surface area contributed by atoms with E-state index >= 15 is 0 Å². The molecule has 2 rings (SSSR count). The van der Waals surface area contributed by atoms with Crippen molar-refractivity contribution in [2.24, 2.45) is 7.05 Å². The number of nitrogens with two attached hydrogens (primary N) is 1. The third kappa shape index (κ3) is 2.01. The lowest BCUT2D eigenvalue weighted by Crippen LogP contribution is -2.06. The minimum Gasteiger partial charge on any atom is -0.382 e. The summed E-state index contributed by atoms with van der Waals surface area (Å²) in [5, 5.41) is 8.32. The fraction of sp³-hybridized carbons (Fsp3) is 0.400. The Morgan fingerprint density at radius 1 is 1.47 bits per heavy atom. The monoisotopic (exact) mass is 205 g/mol. The standard InChI is InChI=1S/C10H15N5/c1-8-7-15(13-10(8)11)6-4-9-3-5-12-14(9)2/h3,5,7H,4,6H2,1-2H3,(H2,11,13). The molecule has 2 heterocycles. The van der Waals surface area contributed by atoms with Crippen molar-refractivity contribution in [3.63, 3.8) is 0 Å². The molecule has 5 heteroatoms. The van der Waals surface area contributed by atoms with Gasteiger partial charge < -0.3 is 5.73 Å². The van der Waals surface area contributed by atoms with Crippen LogP contribution in [0.25, 0.3) is 0 Å². The van der Waals surface area contributed by atoms with Crippen LogP contribution in [-0.4, -0.2) is 19.6 Å². The number of hydrogen-bond donors (Lipinski definition) is 1. The second kappa shape index (κ2) is 3.76. The molecule has 0 atom stereocenters. The van der Waals surface area contributed by atoms with Gasteiger partial charge in [0.25, 0.3) is 0 Å². The zero-order valence-electron chi connectivity index (χ0n) is 9.01.